The fourth-order valence-corrected chi connectivity index (χ4v) is 3.97. The van der Waals surface area contributed by atoms with Crippen molar-refractivity contribution in [3.05, 3.63) is 108 Å². The van der Waals surface area contributed by atoms with Crippen molar-refractivity contribution in [1.29, 1.82) is 10.5 Å². The molecule has 4 nitrogen and oxygen atoms in total. The summed E-state index contributed by atoms with van der Waals surface area (Å²) in [6.07, 6.45) is 3.58. The average molecular weight is 431 g/mol. The predicted molar refractivity (Wildman–Crippen MR) is 128 cm³/mol. The molecule has 4 rings (SSSR count). The van der Waals surface area contributed by atoms with E-state index in [0.29, 0.717) is 11.5 Å². The van der Waals surface area contributed by atoms with Crippen LogP contribution in [0.15, 0.2) is 97.1 Å². The maximum Gasteiger partial charge on any atom is 0.292 e. The van der Waals surface area contributed by atoms with Crippen LogP contribution in [0.25, 0.3) is 22.3 Å². The van der Waals surface area contributed by atoms with E-state index in [4.69, 9.17) is 20.0 Å². The van der Waals surface area contributed by atoms with E-state index in [0.717, 1.165) is 33.4 Å². The third kappa shape index (κ3) is 4.42. The number of nitrogens with zero attached hydrogens (tertiary/aromatic N) is 2. The van der Waals surface area contributed by atoms with Gasteiger partial charge in [0, 0.05) is 16.5 Å². The SMILES string of the molecule is CC(C)(c1ccc(OC#N)c(-c2ccccc2)c1)c1ccc(OC#N)c(-c2ccccc2)c1. The van der Waals surface area contributed by atoms with Crippen LogP contribution < -0.4 is 9.47 Å². The summed E-state index contributed by atoms with van der Waals surface area (Å²) in [5, 5.41) is 18.2. The first-order valence-electron chi connectivity index (χ1n) is 10.6. The number of benzene rings is 4. The van der Waals surface area contributed by atoms with Gasteiger partial charge in [-0.3, -0.25) is 0 Å². The monoisotopic (exact) mass is 430 g/mol. The fourth-order valence-electron chi connectivity index (χ4n) is 3.97. The topological polar surface area (TPSA) is 66.0 Å². The molecule has 0 saturated heterocycles. The molecule has 0 radical (unpaired) electrons. The highest BCUT2D eigenvalue weighted by atomic mass is 16.5. The Labute approximate surface area is 193 Å². The van der Waals surface area contributed by atoms with Gasteiger partial charge in [0.2, 0.25) is 0 Å². The zero-order valence-electron chi connectivity index (χ0n) is 18.4. The van der Waals surface area contributed by atoms with Gasteiger partial charge in [0.15, 0.2) is 0 Å². The van der Waals surface area contributed by atoms with Crippen molar-refractivity contribution in [2.75, 3.05) is 0 Å². The summed E-state index contributed by atoms with van der Waals surface area (Å²) in [6.45, 7) is 4.30. The summed E-state index contributed by atoms with van der Waals surface area (Å²) in [5.74, 6) is 1.04. The Morgan fingerprint density at radius 1 is 0.576 bits per heavy atom. The van der Waals surface area contributed by atoms with E-state index in [1.807, 2.05) is 84.9 Å². The predicted octanol–water partition coefficient (Wildman–Crippen LogP) is 7.07. The normalized spacial score (nSPS) is 10.7. The zero-order valence-corrected chi connectivity index (χ0v) is 18.4. The molecular weight excluding hydrogens is 408 g/mol. The minimum Gasteiger partial charge on any atom is -0.387 e. The minimum atomic E-state index is -0.372. The molecule has 0 amide bonds. The maximum atomic E-state index is 9.10. The van der Waals surface area contributed by atoms with Gasteiger partial charge in [-0.05, 0) is 46.5 Å². The van der Waals surface area contributed by atoms with E-state index in [2.05, 4.69) is 26.0 Å². The summed E-state index contributed by atoms with van der Waals surface area (Å²) in [4.78, 5) is 0. The summed E-state index contributed by atoms with van der Waals surface area (Å²) in [7, 11) is 0. The lowest BCUT2D eigenvalue weighted by molar-refractivity contribution is 0.507. The number of nitriles is 2. The van der Waals surface area contributed by atoms with E-state index in [1.165, 1.54) is 0 Å². The Morgan fingerprint density at radius 2 is 0.970 bits per heavy atom. The van der Waals surface area contributed by atoms with Crippen LogP contribution in [0.1, 0.15) is 25.0 Å². The average Bonchev–Trinajstić information content (AvgIpc) is 2.86. The molecule has 0 unspecified atom stereocenters. The first kappa shape index (κ1) is 21.7. The van der Waals surface area contributed by atoms with E-state index in [9.17, 15) is 0 Å². The van der Waals surface area contributed by atoms with Gasteiger partial charge in [-0.1, -0.05) is 86.6 Å². The first-order valence-corrected chi connectivity index (χ1v) is 10.6. The Balaban J connectivity index is 1.83. The van der Waals surface area contributed by atoms with Crippen molar-refractivity contribution in [3.63, 3.8) is 0 Å². The lowest BCUT2D eigenvalue weighted by atomic mass is 9.76. The number of hydrogen-bond acceptors (Lipinski definition) is 4. The van der Waals surface area contributed by atoms with Gasteiger partial charge >= 0.3 is 0 Å². The smallest absolute Gasteiger partial charge is 0.292 e. The lowest BCUT2D eigenvalue weighted by Gasteiger charge is -2.28. The molecule has 0 fully saturated rings. The zero-order chi connectivity index (χ0) is 23.3. The van der Waals surface area contributed by atoms with Gasteiger partial charge in [-0.15, -0.1) is 10.5 Å². The van der Waals surface area contributed by atoms with Crippen molar-refractivity contribution in [1.82, 2.24) is 0 Å². The van der Waals surface area contributed by atoms with Crippen LogP contribution >= 0.6 is 0 Å². The van der Waals surface area contributed by atoms with Crippen LogP contribution in [0.4, 0.5) is 0 Å². The molecule has 0 aromatic heterocycles. The molecule has 0 spiro atoms. The molecule has 0 atom stereocenters. The quantitative estimate of drug-likeness (QED) is 0.307. The molecule has 160 valence electrons. The summed E-state index contributed by atoms with van der Waals surface area (Å²) in [5.41, 5.74) is 5.43. The highest BCUT2D eigenvalue weighted by molar-refractivity contribution is 5.74. The molecule has 4 aromatic rings. The third-order valence-electron chi connectivity index (χ3n) is 5.88. The van der Waals surface area contributed by atoms with E-state index in [1.54, 1.807) is 12.5 Å². The van der Waals surface area contributed by atoms with Crippen LogP contribution in [0, 0.1) is 23.0 Å². The molecule has 33 heavy (non-hydrogen) atoms. The molecule has 0 heterocycles. The lowest BCUT2D eigenvalue weighted by Crippen LogP contribution is -2.19. The summed E-state index contributed by atoms with van der Waals surface area (Å²) in [6, 6.07) is 31.6. The number of ether oxygens (including phenoxy) is 2. The van der Waals surface area contributed by atoms with Gasteiger partial charge in [-0.25, -0.2) is 0 Å². The van der Waals surface area contributed by atoms with Gasteiger partial charge in [0.1, 0.15) is 11.5 Å². The highest BCUT2D eigenvalue weighted by Crippen LogP contribution is 2.41. The van der Waals surface area contributed by atoms with Crippen LogP contribution in [-0.2, 0) is 5.41 Å². The van der Waals surface area contributed by atoms with E-state index >= 15 is 0 Å². The summed E-state index contributed by atoms with van der Waals surface area (Å²) >= 11 is 0. The van der Waals surface area contributed by atoms with Crippen LogP contribution in [0.3, 0.4) is 0 Å². The second kappa shape index (κ2) is 9.30. The molecular formula is C29H22N2O2. The van der Waals surface area contributed by atoms with Crippen molar-refractivity contribution in [3.8, 4) is 46.3 Å². The molecule has 0 aliphatic carbocycles. The standard InChI is InChI=1S/C29H22N2O2/c1-29(2,23-13-15-27(32-19-30)25(17-23)21-9-5-3-6-10-21)24-14-16-28(33-20-31)26(18-24)22-11-7-4-8-12-22/h3-18H,1-2H3. The Bertz CT molecular complexity index is 1240. The van der Waals surface area contributed by atoms with Gasteiger partial charge in [0.25, 0.3) is 12.5 Å². The van der Waals surface area contributed by atoms with Crippen molar-refractivity contribution < 1.29 is 9.47 Å². The highest BCUT2D eigenvalue weighted by Gasteiger charge is 2.26. The van der Waals surface area contributed by atoms with Crippen molar-refractivity contribution >= 4 is 0 Å². The molecule has 0 N–H and O–H groups in total. The Morgan fingerprint density at radius 3 is 1.33 bits per heavy atom. The molecule has 0 aliphatic rings. The third-order valence-corrected chi connectivity index (χ3v) is 5.88. The van der Waals surface area contributed by atoms with E-state index < -0.39 is 0 Å². The number of rotatable bonds is 6. The summed E-state index contributed by atoms with van der Waals surface area (Å²) < 4.78 is 10.5. The second-order valence-electron chi connectivity index (χ2n) is 8.17. The minimum absolute atomic E-state index is 0.372. The second-order valence-corrected chi connectivity index (χ2v) is 8.17. The fraction of sp³-hybridized carbons (Fsp3) is 0.103. The van der Waals surface area contributed by atoms with E-state index in [-0.39, 0.29) is 5.41 Å². The van der Waals surface area contributed by atoms with Gasteiger partial charge < -0.3 is 9.47 Å². The first-order chi connectivity index (χ1) is 16.0. The molecule has 0 bridgehead atoms. The van der Waals surface area contributed by atoms with Crippen molar-refractivity contribution in [2.45, 2.75) is 19.3 Å². The van der Waals surface area contributed by atoms with Gasteiger partial charge in [-0.2, -0.15) is 0 Å². The van der Waals surface area contributed by atoms with Gasteiger partial charge in [0.05, 0.1) is 0 Å². The maximum absolute atomic E-state index is 9.10. The largest absolute Gasteiger partial charge is 0.387 e. The number of hydrogen-bond donors (Lipinski definition) is 0. The molecule has 4 heteroatoms. The van der Waals surface area contributed by atoms with Crippen LogP contribution in [0.2, 0.25) is 0 Å². The van der Waals surface area contributed by atoms with Crippen LogP contribution in [-0.4, -0.2) is 0 Å². The Hall–Kier alpha value is -4.54. The Kier molecular flexibility index (Phi) is 6.11. The van der Waals surface area contributed by atoms with Crippen molar-refractivity contribution in [2.24, 2.45) is 0 Å². The molecule has 0 saturated carbocycles. The molecule has 4 aromatic carbocycles. The molecule has 0 aliphatic heterocycles. The van der Waals surface area contributed by atoms with Crippen LogP contribution in [0.5, 0.6) is 11.5 Å².